The molecule has 0 unspecified atom stereocenters. The fraction of sp³-hybridized carbons (Fsp3) is 1.00. The molecule has 0 amide bonds. The van der Waals surface area contributed by atoms with Gasteiger partial charge in [0.05, 0.1) is 6.61 Å². The van der Waals surface area contributed by atoms with E-state index in [1.165, 1.54) is 6.42 Å². The van der Waals surface area contributed by atoms with Crippen molar-refractivity contribution in [2.24, 2.45) is 0 Å². The molecule has 1 atom stereocenters. The van der Waals surface area contributed by atoms with E-state index in [0.29, 0.717) is 6.04 Å². The molecular formula is C7H15N2O. The summed E-state index contributed by atoms with van der Waals surface area (Å²) < 4.78 is 4.91. The fourth-order valence-electron chi connectivity index (χ4n) is 1.12. The quantitative estimate of drug-likeness (QED) is 0.543. The van der Waals surface area contributed by atoms with Crippen LogP contribution in [0.2, 0.25) is 0 Å². The molecule has 1 N–H and O–H groups in total. The Hall–Kier alpha value is -0.120. The Morgan fingerprint density at radius 2 is 2.60 bits per heavy atom. The van der Waals surface area contributed by atoms with Crippen molar-refractivity contribution in [1.29, 1.82) is 0 Å². The van der Waals surface area contributed by atoms with Crippen LogP contribution >= 0.6 is 0 Å². The normalized spacial score (nSPS) is 25.5. The predicted octanol–water partition coefficient (Wildman–Crippen LogP) is -0.401. The van der Waals surface area contributed by atoms with Crippen LogP contribution in [0.25, 0.3) is 0 Å². The van der Waals surface area contributed by atoms with E-state index in [9.17, 15) is 0 Å². The fourth-order valence-corrected chi connectivity index (χ4v) is 1.12. The van der Waals surface area contributed by atoms with Crippen molar-refractivity contribution in [3.8, 4) is 0 Å². The summed E-state index contributed by atoms with van der Waals surface area (Å²) in [5.74, 6) is 0. The van der Waals surface area contributed by atoms with Crippen LogP contribution < -0.4 is 10.6 Å². The van der Waals surface area contributed by atoms with Gasteiger partial charge in [0.25, 0.3) is 0 Å². The van der Waals surface area contributed by atoms with Gasteiger partial charge in [0.15, 0.2) is 0 Å². The molecule has 0 spiro atoms. The highest BCUT2D eigenvalue weighted by molar-refractivity contribution is 4.76. The zero-order chi connectivity index (χ0) is 7.23. The summed E-state index contributed by atoms with van der Waals surface area (Å²) in [5, 5.41) is 7.60. The molecule has 1 heterocycles. The van der Waals surface area contributed by atoms with Crippen molar-refractivity contribution in [2.75, 3.05) is 33.4 Å². The van der Waals surface area contributed by atoms with Gasteiger partial charge in [0, 0.05) is 32.8 Å². The Morgan fingerprint density at radius 3 is 3.20 bits per heavy atom. The van der Waals surface area contributed by atoms with Gasteiger partial charge in [-0.15, -0.1) is 0 Å². The number of ether oxygens (including phenoxy) is 1. The summed E-state index contributed by atoms with van der Waals surface area (Å²) >= 11 is 0. The van der Waals surface area contributed by atoms with E-state index >= 15 is 0 Å². The van der Waals surface area contributed by atoms with E-state index in [0.717, 1.165) is 26.2 Å². The summed E-state index contributed by atoms with van der Waals surface area (Å²) in [6.45, 7) is 3.78. The SMILES string of the molecule is COCCN[C@@H]1CC[N]C1. The third-order valence-corrected chi connectivity index (χ3v) is 1.72. The van der Waals surface area contributed by atoms with Gasteiger partial charge in [-0.2, -0.15) is 0 Å². The molecule has 59 valence electrons. The molecule has 1 aliphatic heterocycles. The van der Waals surface area contributed by atoms with E-state index in [1.54, 1.807) is 7.11 Å². The van der Waals surface area contributed by atoms with Crippen LogP contribution in [-0.4, -0.2) is 39.4 Å². The highest BCUT2D eigenvalue weighted by Gasteiger charge is 2.13. The molecule has 10 heavy (non-hydrogen) atoms. The third kappa shape index (κ3) is 2.64. The molecule has 0 bridgehead atoms. The Bertz CT molecular complexity index is 81.7. The van der Waals surface area contributed by atoms with Crippen molar-refractivity contribution in [1.82, 2.24) is 10.6 Å². The standard InChI is InChI=1S/C7H15N2O/c1-10-5-4-9-7-2-3-8-6-7/h7,9H,2-6H2,1H3/t7-/m1/s1. The lowest BCUT2D eigenvalue weighted by Gasteiger charge is -2.08. The second-order valence-corrected chi connectivity index (χ2v) is 2.56. The zero-order valence-electron chi connectivity index (χ0n) is 6.47. The van der Waals surface area contributed by atoms with Crippen LogP contribution in [0.5, 0.6) is 0 Å². The molecule has 0 aromatic carbocycles. The molecule has 1 aliphatic rings. The smallest absolute Gasteiger partial charge is 0.0587 e. The van der Waals surface area contributed by atoms with Crippen LogP contribution in [0.1, 0.15) is 6.42 Å². The minimum Gasteiger partial charge on any atom is -0.383 e. The maximum absolute atomic E-state index is 4.91. The van der Waals surface area contributed by atoms with Crippen LogP contribution in [-0.2, 0) is 4.74 Å². The van der Waals surface area contributed by atoms with Gasteiger partial charge in [-0.1, -0.05) is 0 Å². The van der Waals surface area contributed by atoms with Crippen molar-refractivity contribution in [3.63, 3.8) is 0 Å². The zero-order valence-corrected chi connectivity index (χ0v) is 6.47. The van der Waals surface area contributed by atoms with E-state index in [1.807, 2.05) is 0 Å². The summed E-state index contributed by atoms with van der Waals surface area (Å²) in [4.78, 5) is 0. The topological polar surface area (TPSA) is 35.4 Å². The Kier molecular flexibility index (Phi) is 3.72. The number of methoxy groups -OCH3 is 1. The van der Waals surface area contributed by atoms with Gasteiger partial charge < -0.3 is 10.1 Å². The number of hydrogen-bond acceptors (Lipinski definition) is 2. The Labute approximate surface area is 62.1 Å². The molecule has 0 saturated carbocycles. The minimum absolute atomic E-state index is 0.621. The molecule has 0 aliphatic carbocycles. The van der Waals surface area contributed by atoms with Gasteiger partial charge in [-0.25, -0.2) is 5.32 Å². The summed E-state index contributed by atoms with van der Waals surface area (Å²) in [5.41, 5.74) is 0. The second-order valence-electron chi connectivity index (χ2n) is 2.56. The first-order valence-electron chi connectivity index (χ1n) is 3.79. The highest BCUT2D eigenvalue weighted by atomic mass is 16.5. The van der Waals surface area contributed by atoms with Crippen LogP contribution in [0, 0.1) is 0 Å². The van der Waals surface area contributed by atoms with E-state index in [4.69, 9.17) is 4.74 Å². The molecule has 1 radical (unpaired) electrons. The number of hydrogen-bond donors (Lipinski definition) is 1. The largest absolute Gasteiger partial charge is 0.383 e. The molecule has 1 saturated heterocycles. The third-order valence-electron chi connectivity index (χ3n) is 1.72. The lowest BCUT2D eigenvalue weighted by Crippen LogP contribution is -2.32. The first-order valence-corrected chi connectivity index (χ1v) is 3.79. The lowest BCUT2D eigenvalue weighted by molar-refractivity contribution is 0.196. The van der Waals surface area contributed by atoms with E-state index in [2.05, 4.69) is 10.6 Å². The Balaban J connectivity index is 1.91. The van der Waals surface area contributed by atoms with Gasteiger partial charge in [0.1, 0.15) is 0 Å². The van der Waals surface area contributed by atoms with E-state index < -0.39 is 0 Å². The van der Waals surface area contributed by atoms with E-state index in [-0.39, 0.29) is 0 Å². The summed E-state index contributed by atoms with van der Waals surface area (Å²) in [6, 6.07) is 0.621. The van der Waals surface area contributed by atoms with Crippen molar-refractivity contribution >= 4 is 0 Å². The predicted molar refractivity (Wildman–Crippen MR) is 40.2 cm³/mol. The molecular weight excluding hydrogens is 128 g/mol. The maximum Gasteiger partial charge on any atom is 0.0587 e. The lowest BCUT2D eigenvalue weighted by atomic mass is 10.3. The van der Waals surface area contributed by atoms with Crippen LogP contribution in [0.4, 0.5) is 0 Å². The van der Waals surface area contributed by atoms with Gasteiger partial charge in [-0.3, -0.25) is 0 Å². The van der Waals surface area contributed by atoms with Crippen LogP contribution in [0.3, 0.4) is 0 Å². The van der Waals surface area contributed by atoms with Crippen molar-refractivity contribution in [3.05, 3.63) is 0 Å². The average Bonchev–Trinajstić information content (AvgIpc) is 2.41. The molecule has 1 rings (SSSR count). The monoisotopic (exact) mass is 143 g/mol. The summed E-state index contributed by atoms with van der Waals surface area (Å²) in [7, 11) is 1.72. The first kappa shape index (κ1) is 7.98. The maximum atomic E-state index is 4.91. The molecule has 3 heteroatoms. The van der Waals surface area contributed by atoms with Gasteiger partial charge in [0.2, 0.25) is 0 Å². The number of nitrogens with one attached hydrogen (secondary N) is 1. The molecule has 0 aromatic heterocycles. The van der Waals surface area contributed by atoms with Crippen molar-refractivity contribution in [2.45, 2.75) is 12.5 Å². The molecule has 3 nitrogen and oxygen atoms in total. The number of rotatable bonds is 4. The van der Waals surface area contributed by atoms with Crippen molar-refractivity contribution < 1.29 is 4.74 Å². The first-order chi connectivity index (χ1) is 4.93. The summed E-state index contributed by atoms with van der Waals surface area (Å²) in [6.07, 6.45) is 1.20. The van der Waals surface area contributed by atoms with Gasteiger partial charge >= 0.3 is 0 Å². The average molecular weight is 143 g/mol. The van der Waals surface area contributed by atoms with Gasteiger partial charge in [-0.05, 0) is 6.42 Å². The molecule has 1 fully saturated rings. The number of nitrogens with zero attached hydrogens (tertiary/aromatic N) is 1. The minimum atomic E-state index is 0.621. The Morgan fingerprint density at radius 1 is 1.70 bits per heavy atom. The second kappa shape index (κ2) is 4.66. The highest BCUT2D eigenvalue weighted by Crippen LogP contribution is 1.97. The van der Waals surface area contributed by atoms with Crippen LogP contribution in [0.15, 0.2) is 0 Å². The molecule has 0 aromatic rings.